The van der Waals surface area contributed by atoms with E-state index in [1.807, 2.05) is 6.08 Å². The highest BCUT2D eigenvalue weighted by Crippen LogP contribution is 2.30. The van der Waals surface area contributed by atoms with Crippen molar-refractivity contribution in [3.8, 4) is 0 Å². The molecule has 2 unspecified atom stereocenters. The predicted octanol–water partition coefficient (Wildman–Crippen LogP) is 1.53. The maximum absolute atomic E-state index is 11.3. The third kappa shape index (κ3) is 2.35. The molecule has 0 saturated heterocycles. The summed E-state index contributed by atoms with van der Waals surface area (Å²) in [5.74, 6) is 0.482. The van der Waals surface area contributed by atoms with Gasteiger partial charge in [0, 0.05) is 5.92 Å². The van der Waals surface area contributed by atoms with E-state index in [0.29, 0.717) is 19.1 Å². The largest absolute Gasteiger partial charge is 0.463 e. The standard InChI is InChI=1S/C11H16O3/c1-8-3-2-6-13-10(8)7-14-11(12)9-4-5-9/h2-3,8-10H,4-7H2,1H3. The van der Waals surface area contributed by atoms with Crippen molar-refractivity contribution < 1.29 is 14.3 Å². The SMILES string of the molecule is CC1C=CCOC1COC(=O)C1CC1. The van der Waals surface area contributed by atoms with E-state index in [4.69, 9.17) is 9.47 Å². The van der Waals surface area contributed by atoms with Crippen molar-refractivity contribution in [2.75, 3.05) is 13.2 Å². The zero-order valence-corrected chi connectivity index (χ0v) is 8.44. The first-order valence-electron chi connectivity index (χ1n) is 5.22. The first-order valence-corrected chi connectivity index (χ1v) is 5.22. The van der Waals surface area contributed by atoms with Gasteiger partial charge in [-0.05, 0) is 12.8 Å². The van der Waals surface area contributed by atoms with Crippen LogP contribution in [0.15, 0.2) is 12.2 Å². The van der Waals surface area contributed by atoms with Gasteiger partial charge >= 0.3 is 5.97 Å². The van der Waals surface area contributed by atoms with Gasteiger partial charge in [0.05, 0.1) is 18.6 Å². The molecule has 0 N–H and O–H groups in total. The molecular weight excluding hydrogens is 180 g/mol. The maximum atomic E-state index is 11.3. The summed E-state index contributed by atoms with van der Waals surface area (Å²) >= 11 is 0. The van der Waals surface area contributed by atoms with E-state index < -0.39 is 0 Å². The summed E-state index contributed by atoms with van der Waals surface area (Å²) in [6.07, 6.45) is 6.16. The normalized spacial score (nSPS) is 31.5. The molecule has 0 aromatic rings. The minimum Gasteiger partial charge on any atom is -0.463 e. The Hall–Kier alpha value is -0.830. The fourth-order valence-corrected chi connectivity index (χ4v) is 1.53. The third-order valence-corrected chi connectivity index (χ3v) is 2.73. The Labute approximate surface area is 84.1 Å². The Kier molecular flexibility index (Phi) is 2.87. The second-order valence-corrected chi connectivity index (χ2v) is 4.06. The molecule has 3 heteroatoms. The van der Waals surface area contributed by atoms with Crippen molar-refractivity contribution in [2.45, 2.75) is 25.9 Å². The van der Waals surface area contributed by atoms with Crippen molar-refractivity contribution in [3.63, 3.8) is 0 Å². The molecular formula is C11H16O3. The lowest BCUT2D eigenvalue weighted by Crippen LogP contribution is -2.30. The lowest BCUT2D eigenvalue weighted by Gasteiger charge is -2.24. The molecule has 1 aliphatic carbocycles. The number of rotatable bonds is 3. The van der Waals surface area contributed by atoms with Gasteiger partial charge in [-0.15, -0.1) is 0 Å². The molecule has 2 atom stereocenters. The van der Waals surface area contributed by atoms with Crippen molar-refractivity contribution in [2.24, 2.45) is 11.8 Å². The average Bonchev–Trinajstić information content (AvgIpc) is 2.99. The van der Waals surface area contributed by atoms with E-state index in [2.05, 4.69) is 13.0 Å². The fraction of sp³-hybridized carbons (Fsp3) is 0.727. The molecule has 1 aliphatic heterocycles. The van der Waals surface area contributed by atoms with Crippen LogP contribution in [0.3, 0.4) is 0 Å². The summed E-state index contributed by atoms with van der Waals surface area (Å²) in [7, 11) is 0. The number of carbonyl (C=O) groups excluding carboxylic acids is 1. The molecule has 14 heavy (non-hydrogen) atoms. The highest BCUT2D eigenvalue weighted by Gasteiger charge is 2.32. The fourth-order valence-electron chi connectivity index (χ4n) is 1.53. The molecule has 0 aromatic heterocycles. The van der Waals surface area contributed by atoms with Crippen LogP contribution in [0.2, 0.25) is 0 Å². The molecule has 1 saturated carbocycles. The summed E-state index contributed by atoms with van der Waals surface area (Å²) in [4.78, 5) is 11.3. The molecule has 1 fully saturated rings. The summed E-state index contributed by atoms with van der Waals surface area (Å²) < 4.78 is 10.7. The zero-order chi connectivity index (χ0) is 9.97. The first kappa shape index (κ1) is 9.71. The van der Waals surface area contributed by atoms with Gasteiger partial charge in [-0.25, -0.2) is 0 Å². The van der Waals surface area contributed by atoms with E-state index in [9.17, 15) is 4.79 Å². The van der Waals surface area contributed by atoms with Gasteiger partial charge in [-0.3, -0.25) is 4.79 Å². The quantitative estimate of drug-likeness (QED) is 0.507. The minimum absolute atomic E-state index is 0.0442. The van der Waals surface area contributed by atoms with E-state index in [1.165, 1.54) is 0 Å². The van der Waals surface area contributed by atoms with E-state index >= 15 is 0 Å². The van der Waals surface area contributed by atoms with Crippen molar-refractivity contribution in [1.82, 2.24) is 0 Å². The lowest BCUT2D eigenvalue weighted by atomic mass is 10.0. The van der Waals surface area contributed by atoms with Gasteiger partial charge in [-0.1, -0.05) is 19.1 Å². The van der Waals surface area contributed by atoms with Gasteiger partial charge < -0.3 is 9.47 Å². The summed E-state index contributed by atoms with van der Waals surface area (Å²) in [6.45, 7) is 3.11. The Morgan fingerprint density at radius 3 is 3.00 bits per heavy atom. The smallest absolute Gasteiger partial charge is 0.309 e. The van der Waals surface area contributed by atoms with Crippen molar-refractivity contribution in [1.29, 1.82) is 0 Å². The lowest BCUT2D eigenvalue weighted by molar-refractivity contribution is -0.150. The van der Waals surface area contributed by atoms with Crippen molar-refractivity contribution >= 4 is 5.97 Å². The van der Waals surface area contributed by atoms with Crippen LogP contribution >= 0.6 is 0 Å². The number of hydrogen-bond acceptors (Lipinski definition) is 3. The van der Waals surface area contributed by atoms with E-state index in [0.717, 1.165) is 12.8 Å². The van der Waals surface area contributed by atoms with Gasteiger partial charge in [0.25, 0.3) is 0 Å². The highest BCUT2D eigenvalue weighted by molar-refractivity contribution is 5.74. The van der Waals surface area contributed by atoms with Crippen LogP contribution in [0, 0.1) is 11.8 Å². The van der Waals surface area contributed by atoms with Gasteiger partial charge in [0.2, 0.25) is 0 Å². The molecule has 2 aliphatic rings. The monoisotopic (exact) mass is 196 g/mol. The van der Waals surface area contributed by atoms with Gasteiger partial charge in [-0.2, -0.15) is 0 Å². The topological polar surface area (TPSA) is 35.5 Å². The first-order chi connectivity index (χ1) is 6.77. The number of hydrogen-bond donors (Lipinski definition) is 0. The van der Waals surface area contributed by atoms with Crippen molar-refractivity contribution in [3.05, 3.63) is 12.2 Å². The zero-order valence-electron chi connectivity index (χ0n) is 8.44. The molecule has 3 nitrogen and oxygen atoms in total. The van der Waals surface area contributed by atoms with Gasteiger partial charge in [0.15, 0.2) is 0 Å². The Bertz CT molecular complexity index is 243. The molecule has 0 spiro atoms. The Morgan fingerprint density at radius 2 is 2.36 bits per heavy atom. The highest BCUT2D eigenvalue weighted by atomic mass is 16.6. The van der Waals surface area contributed by atoms with Crippen LogP contribution in [-0.2, 0) is 14.3 Å². The molecule has 0 amide bonds. The second kappa shape index (κ2) is 4.13. The second-order valence-electron chi connectivity index (χ2n) is 4.06. The van der Waals surface area contributed by atoms with Crippen LogP contribution in [0.1, 0.15) is 19.8 Å². The maximum Gasteiger partial charge on any atom is 0.309 e. The molecule has 0 aromatic carbocycles. The van der Waals surface area contributed by atoms with Crippen LogP contribution in [0.5, 0.6) is 0 Å². The molecule has 0 bridgehead atoms. The molecule has 0 radical (unpaired) electrons. The summed E-state index contributed by atoms with van der Waals surface area (Å²) in [5.41, 5.74) is 0. The number of esters is 1. The molecule has 78 valence electrons. The minimum atomic E-state index is -0.0460. The Balaban J connectivity index is 1.73. The number of ether oxygens (including phenoxy) is 2. The average molecular weight is 196 g/mol. The number of carbonyl (C=O) groups is 1. The van der Waals surface area contributed by atoms with Gasteiger partial charge in [0.1, 0.15) is 6.61 Å². The molecule has 1 heterocycles. The van der Waals surface area contributed by atoms with Crippen LogP contribution in [-0.4, -0.2) is 25.3 Å². The van der Waals surface area contributed by atoms with Crippen LogP contribution < -0.4 is 0 Å². The third-order valence-electron chi connectivity index (χ3n) is 2.73. The van der Waals surface area contributed by atoms with Crippen LogP contribution in [0.25, 0.3) is 0 Å². The van der Waals surface area contributed by atoms with E-state index in [1.54, 1.807) is 0 Å². The predicted molar refractivity (Wildman–Crippen MR) is 51.7 cm³/mol. The van der Waals surface area contributed by atoms with E-state index in [-0.39, 0.29) is 18.0 Å². The Morgan fingerprint density at radius 1 is 1.57 bits per heavy atom. The molecule has 2 rings (SSSR count). The summed E-state index contributed by atoms with van der Waals surface area (Å²) in [6, 6.07) is 0. The summed E-state index contributed by atoms with van der Waals surface area (Å²) in [5, 5.41) is 0. The van der Waals surface area contributed by atoms with Crippen LogP contribution in [0.4, 0.5) is 0 Å².